The molecule has 0 saturated carbocycles. The van der Waals surface area contributed by atoms with Crippen LogP contribution in [-0.4, -0.2) is 76.6 Å². The standard InChI is InChI=1S/C21H30N4O4/c26-18-12-24(9-4-8-22-18)13-21(29)7-3-10-25(14-21)20(28)16-11-15-5-1-2-6-17(15)23-19(16)27/h11,29H,1-10,12-14H2,(H,22,26)(H,23,27). The van der Waals surface area contributed by atoms with Crippen LogP contribution in [0.15, 0.2) is 10.9 Å². The number of pyridine rings is 1. The van der Waals surface area contributed by atoms with Crippen molar-refractivity contribution in [3.05, 3.63) is 33.2 Å². The maximum Gasteiger partial charge on any atom is 0.261 e. The zero-order valence-corrected chi connectivity index (χ0v) is 16.8. The van der Waals surface area contributed by atoms with Crippen LogP contribution in [0.3, 0.4) is 0 Å². The van der Waals surface area contributed by atoms with Crippen LogP contribution in [0.5, 0.6) is 0 Å². The normalized spacial score (nSPS) is 25.8. The first-order valence-electron chi connectivity index (χ1n) is 10.7. The molecule has 2 aliphatic heterocycles. The number of H-pyrrole nitrogens is 1. The number of amides is 2. The molecule has 0 bridgehead atoms. The molecule has 158 valence electrons. The molecule has 1 aromatic rings. The summed E-state index contributed by atoms with van der Waals surface area (Å²) in [4.78, 5) is 43.9. The highest BCUT2D eigenvalue weighted by Gasteiger charge is 2.38. The second kappa shape index (κ2) is 8.28. The number of aromatic amines is 1. The molecule has 2 saturated heterocycles. The summed E-state index contributed by atoms with van der Waals surface area (Å²) in [6.45, 7) is 2.71. The lowest BCUT2D eigenvalue weighted by atomic mass is 9.91. The number of likely N-dealkylation sites (tertiary alicyclic amines) is 1. The second-order valence-corrected chi connectivity index (χ2v) is 8.69. The van der Waals surface area contributed by atoms with Crippen molar-refractivity contribution >= 4 is 11.8 Å². The molecule has 8 heteroatoms. The number of aromatic nitrogens is 1. The molecule has 1 atom stereocenters. The second-order valence-electron chi connectivity index (χ2n) is 8.69. The quantitative estimate of drug-likeness (QED) is 0.662. The van der Waals surface area contributed by atoms with Gasteiger partial charge in [0.2, 0.25) is 5.91 Å². The minimum Gasteiger partial charge on any atom is -0.387 e. The van der Waals surface area contributed by atoms with Crippen LogP contribution in [0, 0.1) is 0 Å². The van der Waals surface area contributed by atoms with Gasteiger partial charge in [-0.2, -0.15) is 0 Å². The number of β-amino-alcohol motifs (C(OH)–C–C–N with tert-alkyl or cyclic N) is 1. The smallest absolute Gasteiger partial charge is 0.261 e. The zero-order chi connectivity index (χ0) is 20.4. The highest BCUT2D eigenvalue weighted by Crippen LogP contribution is 2.25. The van der Waals surface area contributed by atoms with Gasteiger partial charge < -0.3 is 20.3 Å². The molecule has 3 heterocycles. The van der Waals surface area contributed by atoms with E-state index in [1.807, 2.05) is 4.90 Å². The third kappa shape index (κ3) is 4.53. The third-order valence-corrected chi connectivity index (χ3v) is 6.27. The Hall–Kier alpha value is -2.19. The Kier molecular flexibility index (Phi) is 5.74. The predicted octanol–water partition coefficient (Wildman–Crippen LogP) is 0.0427. The van der Waals surface area contributed by atoms with Crippen LogP contribution in [0.2, 0.25) is 0 Å². The van der Waals surface area contributed by atoms with E-state index < -0.39 is 5.60 Å². The van der Waals surface area contributed by atoms with Crippen molar-refractivity contribution in [1.82, 2.24) is 20.1 Å². The Morgan fingerprint density at radius 3 is 2.83 bits per heavy atom. The van der Waals surface area contributed by atoms with Gasteiger partial charge in [0.05, 0.1) is 18.7 Å². The van der Waals surface area contributed by atoms with Gasteiger partial charge in [-0.3, -0.25) is 19.3 Å². The summed E-state index contributed by atoms with van der Waals surface area (Å²) in [5, 5.41) is 14.0. The Morgan fingerprint density at radius 2 is 1.97 bits per heavy atom. The average molecular weight is 402 g/mol. The Morgan fingerprint density at radius 1 is 1.14 bits per heavy atom. The molecule has 0 spiro atoms. The maximum absolute atomic E-state index is 13.1. The highest BCUT2D eigenvalue weighted by atomic mass is 16.3. The molecule has 3 aliphatic rings. The fourth-order valence-electron chi connectivity index (χ4n) is 4.84. The van der Waals surface area contributed by atoms with E-state index in [0.29, 0.717) is 32.5 Å². The topological polar surface area (TPSA) is 106 Å². The molecule has 0 radical (unpaired) electrons. The van der Waals surface area contributed by atoms with Crippen molar-refractivity contribution < 1.29 is 14.7 Å². The number of hydrogen-bond acceptors (Lipinski definition) is 5. The molecule has 4 rings (SSSR count). The highest BCUT2D eigenvalue weighted by molar-refractivity contribution is 5.94. The van der Waals surface area contributed by atoms with Crippen molar-refractivity contribution in [1.29, 1.82) is 0 Å². The van der Waals surface area contributed by atoms with E-state index in [1.165, 1.54) is 0 Å². The lowest BCUT2D eigenvalue weighted by Gasteiger charge is -2.41. The number of aryl methyl sites for hydroxylation is 2. The maximum atomic E-state index is 13.1. The SMILES string of the molecule is O=C1CN(CC2(O)CCCN(C(=O)c3cc4c([nH]c3=O)CCCC4)C2)CCCN1. The van der Waals surface area contributed by atoms with Crippen molar-refractivity contribution in [3.8, 4) is 0 Å². The summed E-state index contributed by atoms with van der Waals surface area (Å²) < 4.78 is 0. The summed E-state index contributed by atoms with van der Waals surface area (Å²) in [7, 11) is 0. The fourth-order valence-corrected chi connectivity index (χ4v) is 4.84. The van der Waals surface area contributed by atoms with Crippen LogP contribution in [0.1, 0.15) is 53.7 Å². The van der Waals surface area contributed by atoms with Gasteiger partial charge in [-0.15, -0.1) is 0 Å². The fraction of sp³-hybridized carbons (Fsp3) is 0.667. The van der Waals surface area contributed by atoms with E-state index in [0.717, 1.165) is 49.9 Å². The molecule has 29 heavy (non-hydrogen) atoms. The minimum atomic E-state index is -1.07. The molecule has 8 nitrogen and oxygen atoms in total. The number of nitrogens with zero attached hydrogens (tertiary/aromatic N) is 2. The van der Waals surface area contributed by atoms with E-state index in [9.17, 15) is 19.5 Å². The van der Waals surface area contributed by atoms with Crippen molar-refractivity contribution in [2.45, 2.75) is 50.5 Å². The first-order valence-corrected chi connectivity index (χ1v) is 10.7. The number of fused-ring (bicyclic) bond motifs is 1. The van der Waals surface area contributed by atoms with Gasteiger partial charge in [0.1, 0.15) is 5.56 Å². The molecule has 1 aromatic heterocycles. The van der Waals surface area contributed by atoms with Gasteiger partial charge in [0, 0.05) is 31.9 Å². The van der Waals surface area contributed by atoms with Crippen LogP contribution in [0.4, 0.5) is 0 Å². The number of hydrogen-bond donors (Lipinski definition) is 3. The number of piperidine rings is 1. The monoisotopic (exact) mass is 402 g/mol. The molecular formula is C21H30N4O4. The number of carbonyl (C=O) groups excluding carboxylic acids is 2. The molecule has 1 unspecified atom stereocenters. The molecule has 2 fully saturated rings. The van der Waals surface area contributed by atoms with Crippen molar-refractivity contribution in [2.75, 3.05) is 39.3 Å². The van der Waals surface area contributed by atoms with Crippen LogP contribution in [-0.2, 0) is 17.6 Å². The van der Waals surface area contributed by atoms with Crippen LogP contribution in [0.25, 0.3) is 0 Å². The Balaban J connectivity index is 1.48. The number of carbonyl (C=O) groups is 2. The summed E-state index contributed by atoms with van der Waals surface area (Å²) in [6.07, 6.45) is 5.96. The molecule has 0 aromatic carbocycles. The third-order valence-electron chi connectivity index (χ3n) is 6.27. The Bertz CT molecular complexity index is 852. The number of aliphatic hydroxyl groups is 1. The van der Waals surface area contributed by atoms with Crippen LogP contribution >= 0.6 is 0 Å². The lowest BCUT2D eigenvalue weighted by molar-refractivity contribution is -0.122. The number of rotatable bonds is 3. The van der Waals surface area contributed by atoms with Crippen molar-refractivity contribution in [3.63, 3.8) is 0 Å². The average Bonchev–Trinajstić information content (AvgIpc) is 2.90. The van der Waals surface area contributed by atoms with Gasteiger partial charge in [0.25, 0.3) is 11.5 Å². The van der Waals surface area contributed by atoms with Crippen LogP contribution < -0.4 is 10.9 Å². The minimum absolute atomic E-state index is 0.0320. The van der Waals surface area contributed by atoms with E-state index in [2.05, 4.69) is 10.3 Å². The zero-order valence-electron chi connectivity index (χ0n) is 16.8. The summed E-state index contributed by atoms with van der Waals surface area (Å²) in [5.74, 6) is -0.346. The molecular weight excluding hydrogens is 372 g/mol. The Labute approximate surface area is 170 Å². The first kappa shape index (κ1) is 20.1. The van der Waals surface area contributed by atoms with E-state index >= 15 is 0 Å². The van der Waals surface area contributed by atoms with Gasteiger partial charge in [-0.1, -0.05) is 0 Å². The first-order chi connectivity index (χ1) is 13.9. The molecule has 2 amide bonds. The van der Waals surface area contributed by atoms with E-state index in [4.69, 9.17) is 0 Å². The van der Waals surface area contributed by atoms with Gasteiger partial charge in [-0.25, -0.2) is 0 Å². The number of nitrogens with one attached hydrogen (secondary N) is 2. The lowest BCUT2D eigenvalue weighted by Crippen LogP contribution is -2.56. The van der Waals surface area contributed by atoms with Crippen molar-refractivity contribution in [2.24, 2.45) is 0 Å². The predicted molar refractivity (Wildman–Crippen MR) is 108 cm³/mol. The van der Waals surface area contributed by atoms with E-state index in [1.54, 1.807) is 11.0 Å². The largest absolute Gasteiger partial charge is 0.387 e. The van der Waals surface area contributed by atoms with E-state index in [-0.39, 0.29) is 36.0 Å². The molecule has 3 N–H and O–H groups in total. The molecule has 1 aliphatic carbocycles. The van der Waals surface area contributed by atoms with Gasteiger partial charge in [-0.05, 0) is 56.6 Å². The van der Waals surface area contributed by atoms with Gasteiger partial charge in [0.15, 0.2) is 0 Å². The summed E-state index contributed by atoms with van der Waals surface area (Å²) >= 11 is 0. The van der Waals surface area contributed by atoms with Gasteiger partial charge >= 0.3 is 0 Å². The summed E-state index contributed by atoms with van der Waals surface area (Å²) in [6, 6.07) is 1.75. The summed E-state index contributed by atoms with van der Waals surface area (Å²) in [5.41, 5.74) is 0.770.